The zero-order valence-corrected chi connectivity index (χ0v) is 13.1. The summed E-state index contributed by atoms with van der Waals surface area (Å²) in [7, 11) is 0. The van der Waals surface area contributed by atoms with Crippen molar-refractivity contribution >= 4 is 21.6 Å². The highest BCUT2D eigenvalue weighted by Crippen LogP contribution is 2.27. The molecule has 1 saturated heterocycles. The smallest absolute Gasteiger partial charge is 0.283 e. The fourth-order valence-corrected chi connectivity index (χ4v) is 2.95. The summed E-state index contributed by atoms with van der Waals surface area (Å²) in [6.07, 6.45) is 2.87. The van der Waals surface area contributed by atoms with Crippen molar-refractivity contribution in [2.75, 3.05) is 24.5 Å². The number of halogens is 1. The van der Waals surface area contributed by atoms with E-state index in [4.69, 9.17) is 5.73 Å². The van der Waals surface area contributed by atoms with E-state index in [0.717, 1.165) is 25.2 Å². The van der Waals surface area contributed by atoms with E-state index in [1.54, 1.807) is 6.20 Å². The van der Waals surface area contributed by atoms with Gasteiger partial charge in [0.25, 0.3) is 5.56 Å². The molecule has 1 aliphatic rings. The molecule has 106 valence electrons. The molecule has 1 atom stereocenters. The first-order valence-corrected chi connectivity index (χ1v) is 7.52. The van der Waals surface area contributed by atoms with Crippen LogP contribution in [0.5, 0.6) is 0 Å². The van der Waals surface area contributed by atoms with Gasteiger partial charge in [0.1, 0.15) is 4.47 Å². The monoisotopic (exact) mass is 328 g/mol. The normalized spacial score (nSPS) is 19.4. The van der Waals surface area contributed by atoms with Crippen LogP contribution < -0.4 is 16.2 Å². The molecule has 5 nitrogen and oxygen atoms in total. The van der Waals surface area contributed by atoms with E-state index in [2.05, 4.69) is 39.8 Å². The predicted molar refractivity (Wildman–Crippen MR) is 80.4 cm³/mol. The maximum Gasteiger partial charge on any atom is 0.283 e. The number of hydrogen-bond acceptors (Lipinski definition) is 4. The number of nitrogens with zero attached hydrogens (tertiary/aromatic N) is 3. The molecule has 0 amide bonds. The molecule has 1 aromatic heterocycles. The standard InChI is InChI=1S/C13H21BrN4O/c1-9(2)7-18-13(19)12(14)11(6-16-18)17-4-3-10(5-15)8-17/h6,9-10H,3-5,7-8,15H2,1-2H3. The van der Waals surface area contributed by atoms with Crippen molar-refractivity contribution in [1.82, 2.24) is 9.78 Å². The molecule has 2 N–H and O–H groups in total. The van der Waals surface area contributed by atoms with Gasteiger partial charge in [-0.3, -0.25) is 4.79 Å². The average molecular weight is 329 g/mol. The topological polar surface area (TPSA) is 64.2 Å². The first kappa shape index (κ1) is 14.5. The fraction of sp³-hybridized carbons (Fsp3) is 0.692. The Kier molecular flexibility index (Phi) is 4.62. The van der Waals surface area contributed by atoms with Crippen LogP contribution in [-0.2, 0) is 6.54 Å². The van der Waals surface area contributed by atoms with Gasteiger partial charge >= 0.3 is 0 Å². The summed E-state index contributed by atoms with van der Waals surface area (Å²) in [5, 5.41) is 4.28. The highest BCUT2D eigenvalue weighted by molar-refractivity contribution is 9.10. The molecule has 0 radical (unpaired) electrons. The lowest BCUT2D eigenvalue weighted by Gasteiger charge is -2.20. The zero-order chi connectivity index (χ0) is 14.0. The van der Waals surface area contributed by atoms with Crippen molar-refractivity contribution in [2.45, 2.75) is 26.8 Å². The first-order valence-electron chi connectivity index (χ1n) is 6.73. The van der Waals surface area contributed by atoms with Crippen molar-refractivity contribution < 1.29 is 0 Å². The van der Waals surface area contributed by atoms with Gasteiger partial charge in [0.05, 0.1) is 11.9 Å². The van der Waals surface area contributed by atoms with Gasteiger partial charge in [-0.1, -0.05) is 13.8 Å². The van der Waals surface area contributed by atoms with E-state index in [0.29, 0.717) is 29.4 Å². The van der Waals surface area contributed by atoms with Gasteiger partial charge < -0.3 is 10.6 Å². The van der Waals surface area contributed by atoms with E-state index in [1.807, 2.05) is 0 Å². The second-order valence-electron chi connectivity index (χ2n) is 5.56. The summed E-state index contributed by atoms with van der Waals surface area (Å²) in [4.78, 5) is 14.4. The molecule has 19 heavy (non-hydrogen) atoms. The van der Waals surface area contributed by atoms with Crippen molar-refractivity contribution in [2.24, 2.45) is 17.6 Å². The number of hydrogen-bond donors (Lipinski definition) is 1. The van der Waals surface area contributed by atoms with E-state index >= 15 is 0 Å². The molecular formula is C13H21BrN4O. The highest BCUT2D eigenvalue weighted by atomic mass is 79.9. The van der Waals surface area contributed by atoms with Crippen LogP contribution >= 0.6 is 15.9 Å². The second kappa shape index (κ2) is 6.05. The number of rotatable bonds is 4. The average Bonchev–Trinajstić information content (AvgIpc) is 2.83. The van der Waals surface area contributed by atoms with Gasteiger partial charge in [-0.2, -0.15) is 5.10 Å². The molecule has 0 aromatic carbocycles. The van der Waals surface area contributed by atoms with Crippen molar-refractivity contribution in [3.8, 4) is 0 Å². The molecule has 0 saturated carbocycles. The molecular weight excluding hydrogens is 308 g/mol. The third-order valence-corrected chi connectivity index (χ3v) is 4.21. The van der Waals surface area contributed by atoms with Crippen LogP contribution in [0.3, 0.4) is 0 Å². The third kappa shape index (κ3) is 3.17. The maximum absolute atomic E-state index is 12.2. The summed E-state index contributed by atoms with van der Waals surface area (Å²) >= 11 is 3.43. The van der Waals surface area contributed by atoms with E-state index in [-0.39, 0.29) is 5.56 Å². The Balaban J connectivity index is 2.24. The Morgan fingerprint density at radius 3 is 2.89 bits per heavy atom. The Morgan fingerprint density at radius 1 is 1.58 bits per heavy atom. The number of anilines is 1. The van der Waals surface area contributed by atoms with Gasteiger partial charge in [0, 0.05) is 19.6 Å². The molecule has 6 heteroatoms. The summed E-state index contributed by atoms with van der Waals surface area (Å²) in [5.74, 6) is 0.918. The Bertz CT molecular complexity index is 500. The quantitative estimate of drug-likeness (QED) is 0.908. The Morgan fingerprint density at radius 2 is 2.32 bits per heavy atom. The lowest BCUT2D eigenvalue weighted by Crippen LogP contribution is -2.30. The SMILES string of the molecule is CC(C)Cn1ncc(N2CCC(CN)C2)c(Br)c1=O. The number of nitrogens with two attached hydrogens (primary N) is 1. The van der Waals surface area contributed by atoms with Gasteiger partial charge in [0.15, 0.2) is 0 Å². The molecule has 0 aliphatic carbocycles. The van der Waals surface area contributed by atoms with E-state index < -0.39 is 0 Å². The summed E-state index contributed by atoms with van der Waals surface area (Å²) in [5.41, 5.74) is 6.54. The van der Waals surface area contributed by atoms with Crippen LogP contribution in [0.1, 0.15) is 20.3 Å². The van der Waals surface area contributed by atoms with Crippen molar-refractivity contribution in [3.63, 3.8) is 0 Å². The molecule has 2 rings (SSSR count). The molecule has 1 aromatic rings. The lowest BCUT2D eigenvalue weighted by atomic mass is 10.1. The third-order valence-electron chi connectivity index (χ3n) is 3.46. The molecule has 0 bridgehead atoms. The largest absolute Gasteiger partial charge is 0.369 e. The number of aromatic nitrogens is 2. The molecule has 0 spiro atoms. The second-order valence-corrected chi connectivity index (χ2v) is 6.35. The minimum atomic E-state index is -0.0533. The van der Waals surface area contributed by atoms with Gasteiger partial charge in [-0.05, 0) is 40.7 Å². The van der Waals surface area contributed by atoms with Crippen LogP contribution in [-0.4, -0.2) is 29.4 Å². The van der Waals surface area contributed by atoms with Crippen LogP contribution in [0.2, 0.25) is 0 Å². The molecule has 1 fully saturated rings. The van der Waals surface area contributed by atoms with Crippen LogP contribution in [0.25, 0.3) is 0 Å². The van der Waals surface area contributed by atoms with E-state index in [1.165, 1.54) is 4.68 Å². The van der Waals surface area contributed by atoms with E-state index in [9.17, 15) is 4.79 Å². The summed E-state index contributed by atoms with van der Waals surface area (Å²) < 4.78 is 2.13. The fourth-order valence-electron chi connectivity index (χ4n) is 2.40. The van der Waals surface area contributed by atoms with Crippen LogP contribution in [0.4, 0.5) is 5.69 Å². The van der Waals surface area contributed by atoms with Crippen LogP contribution in [0, 0.1) is 11.8 Å². The van der Waals surface area contributed by atoms with Crippen molar-refractivity contribution in [3.05, 3.63) is 21.0 Å². The molecule has 2 heterocycles. The van der Waals surface area contributed by atoms with Gasteiger partial charge in [-0.15, -0.1) is 0 Å². The maximum atomic E-state index is 12.2. The van der Waals surface area contributed by atoms with Gasteiger partial charge in [-0.25, -0.2) is 4.68 Å². The lowest BCUT2D eigenvalue weighted by molar-refractivity contribution is 0.462. The highest BCUT2D eigenvalue weighted by Gasteiger charge is 2.24. The van der Waals surface area contributed by atoms with Gasteiger partial charge in [0.2, 0.25) is 0 Å². The van der Waals surface area contributed by atoms with Crippen LogP contribution in [0.15, 0.2) is 15.5 Å². The summed E-state index contributed by atoms with van der Waals surface area (Å²) in [6.45, 7) is 7.33. The zero-order valence-electron chi connectivity index (χ0n) is 11.5. The summed E-state index contributed by atoms with van der Waals surface area (Å²) in [6, 6.07) is 0. The minimum Gasteiger partial charge on any atom is -0.369 e. The molecule has 1 aliphatic heterocycles. The van der Waals surface area contributed by atoms with Crippen molar-refractivity contribution in [1.29, 1.82) is 0 Å². The first-order chi connectivity index (χ1) is 9.02. The minimum absolute atomic E-state index is 0.0533. The Hall–Kier alpha value is -0.880. The Labute approximate surface area is 121 Å². The molecule has 1 unspecified atom stereocenters. The predicted octanol–water partition coefficient (Wildman–Crippen LogP) is 1.45.